The highest BCUT2D eigenvalue weighted by Crippen LogP contribution is 2.34. The number of nitriles is 1. The molecule has 0 N–H and O–H groups in total. The van der Waals surface area contributed by atoms with Crippen molar-refractivity contribution in [1.82, 2.24) is 0 Å². The molecule has 20 heavy (non-hydrogen) atoms. The van der Waals surface area contributed by atoms with E-state index in [1.807, 2.05) is 0 Å². The van der Waals surface area contributed by atoms with Crippen molar-refractivity contribution in [1.29, 1.82) is 5.26 Å². The van der Waals surface area contributed by atoms with Crippen LogP contribution in [0.25, 0.3) is 11.1 Å². The minimum Gasteiger partial charge on any atom is -0.206 e. The van der Waals surface area contributed by atoms with Gasteiger partial charge in [0.1, 0.15) is 5.82 Å². The van der Waals surface area contributed by atoms with Crippen LogP contribution in [0.2, 0.25) is 0 Å². The first kappa shape index (κ1) is 14.1. The zero-order chi connectivity index (χ0) is 14.8. The van der Waals surface area contributed by atoms with E-state index in [0.717, 1.165) is 12.1 Å². The maximum atomic E-state index is 13.7. The van der Waals surface area contributed by atoms with Crippen molar-refractivity contribution in [2.75, 3.05) is 0 Å². The van der Waals surface area contributed by atoms with Crippen LogP contribution in [-0.2, 0) is 12.6 Å². The summed E-state index contributed by atoms with van der Waals surface area (Å²) in [6.07, 6.45) is -4.70. The van der Waals surface area contributed by atoms with Crippen LogP contribution < -0.4 is 0 Å². The van der Waals surface area contributed by atoms with Gasteiger partial charge in [0, 0.05) is 5.56 Å². The fourth-order valence-electron chi connectivity index (χ4n) is 1.90. The molecule has 2 rings (SSSR count). The van der Waals surface area contributed by atoms with Gasteiger partial charge in [-0.15, -0.1) is 0 Å². The fraction of sp³-hybridized carbons (Fsp3) is 0.133. The Balaban J connectivity index is 2.62. The monoisotopic (exact) mass is 279 g/mol. The summed E-state index contributed by atoms with van der Waals surface area (Å²) in [5.41, 5.74) is -0.481. The Bertz CT molecular complexity index is 668. The van der Waals surface area contributed by atoms with E-state index in [9.17, 15) is 17.6 Å². The van der Waals surface area contributed by atoms with Gasteiger partial charge in [0.15, 0.2) is 0 Å². The van der Waals surface area contributed by atoms with Crippen LogP contribution in [0, 0.1) is 17.1 Å². The molecule has 102 valence electrons. The SMILES string of the molecule is N#CCc1cc(-c2ccccc2F)cc(C(F)(F)F)c1. The van der Waals surface area contributed by atoms with Crippen molar-refractivity contribution in [3.05, 3.63) is 59.4 Å². The second-order valence-electron chi connectivity index (χ2n) is 4.23. The Kier molecular flexibility index (Phi) is 3.75. The molecule has 0 unspecified atom stereocenters. The van der Waals surface area contributed by atoms with E-state index < -0.39 is 17.6 Å². The van der Waals surface area contributed by atoms with E-state index >= 15 is 0 Å². The van der Waals surface area contributed by atoms with E-state index in [4.69, 9.17) is 5.26 Å². The minimum atomic E-state index is -4.54. The summed E-state index contributed by atoms with van der Waals surface area (Å²) in [6.45, 7) is 0. The van der Waals surface area contributed by atoms with Gasteiger partial charge in [0.2, 0.25) is 0 Å². The molecule has 0 atom stereocenters. The van der Waals surface area contributed by atoms with E-state index in [-0.39, 0.29) is 23.1 Å². The van der Waals surface area contributed by atoms with Crippen molar-refractivity contribution in [2.24, 2.45) is 0 Å². The van der Waals surface area contributed by atoms with Crippen LogP contribution in [-0.4, -0.2) is 0 Å². The Morgan fingerprint density at radius 2 is 1.75 bits per heavy atom. The predicted molar refractivity (Wildman–Crippen MR) is 66.2 cm³/mol. The molecule has 5 heteroatoms. The van der Waals surface area contributed by atoms with E-state index in [0.29, 0.717) is 0 Å². The van der Waals surface area contributed by atoms with Crippen LogP contribution in [0.3, 0.4) is 0 Å². The molecular weight excluding hydrogens is 270 g/mol. The number of hydrogen-bond acceptors (Lipinski definition) is 1. The van der Waals surface area contributed by atoms with Gasteiger partial charge in [-0.3, -0.25) is 0 Å². The van der Waals surface area contributed by atoms with Crippen molar-refractivity contribution in [2.45, 2.75) is 12.6 Å². The molecule has 0 amide bonds. The Morgan fingerprint density at radius 1 is 1.05 bits per heavy atom. The summed E-state index contributed by atoms with van der Waals surface area (Å²) in [5, 5.41) is 8.62. The molecule has 2 aromatic rings. The lowest BCUT2D eigenvalue weighted by Crippen LogP contribution is -2.06. The van der Waals surface area contributed by atoms with E-state index in [1.54, 1.807) is 12.1 Å². The number of nitrogens with zero attached hydrogens (tertiary/aromatic N) is 1. The second-order valence-corrected chi connectivity index (χ2v) is 4.23. The first-order valence-electron chi connectivity index (χ1n) is 5.75. The Morgan fingerprint density at radius 3 is 2.35 bits per heavy atom. The average molecular weight is 279 g/mol. The highest BCUT2D eigenvalue weighted by Gasteiger charge is 2.31. The number of hydrogen-bond donors (Lipinski definition) is 0. The molecule has 1 nitrogen and oxygen atoms in total. The molecule has 0 radical (unpaired) electrons. The van der Waals surface area contributed by atoms with Crippen LogP contribution in [0.15, 0.2) is 42.5 Å². The number of rotatable bonds is 2. The summed E-state index contributed by atoms with van der Waals surface area (Å²) in [7, 11) is 0. The maximum absolute atomic E-state index is 13.7. The van der Waals surface area contributed by atoms with Gasteiger partial charge in [-0.25, -0.2) is 4.39 Å². The Labute approximate surface area is 113 Å². The summed E-state index contributed by atoms with van der Waals surface area (Å²) in [6, 6.07) is 10.6. The Hall–Kier alpha value is -2.35. The molecule has 0 saturated carbocycles. The average Bonchev–Trinajstić information content (AvgIpc) is 2.38. The molecule has 2 aromatic carbocycles. The van der Waals surface area contributed by atoms with E-state index in [2.05, 4.69) is 0 Å². The molecular formula is C15H9F4N. The molecule has 0 bridgehead atoms. The lowest BCUT2D eigenvalue weighted by Gasteiger charge is -2.12. The molecule has 0 aliphatic carbocycles. The van der Waals surface area contributed by atoms with Crippen LogP contribution in [0.1, 0.15) is 11.1 Å². The zero-order valence-corrected chi connectivity index (χ0v) is 10.2. The molecule has 0 fully saturated rings. The second kappa shape index (κ2) is 5.33. The van der Waals surface area contributed by atoms with Gasteiger partial charge in [-0.1, -0.05) is 18.2 Å². The summed E-state index contributed by atoms with van der Waals surface area (Å²) in [5.74, 6) is -0.602. The van der Waals surface area contributed by atoms with Gasteiger partial charge < -0.3 is 0 Å². The highest BCUT2D eigenvalue weighted by molar-refractivity contribution is 5.66. The van der Waals surface area contributed by atoms with Gasteiger partial charge in [0.25, 0.3) is 0 Å². The molecule has 0 aromatic heterocycles. The minimum absolute atomic E-state index is 0.0813. The van der Waals surface area contributed by atoms with Crippen LogP contribution >= 0.6 is 0 Å². The predicted octanol–water partition coefficient (Wildman–Crippen LogP) is 4.58. The topological polar surface area (TPSA) is 23.8 Å². The largest absolute Gasteiger partial charge is 0.416 e. The van der Waals surface area contributed by atoms with Gasteiger partial charge >= 0.3 is 6.18 Å². The number of benzene rings is 2. The van der Waals surface area contributed by atoms with Gasteiger partial charge in [0.05, 0.1) is 18.1 Å². The van der Waals surface area contributed by atoms with Gasteiger partial charge in [-0.2, -0.15) is 18.4 Å². The molecule has 0 spiro atoms. The third-order valence-electron chi connectivity index (χ3n) is 2.79. The molecule has 0 aliphatic rings. The standard InChI is InChI=1S/C15H9F4N/c16-14-4-2-1-3-13(14)11-7-10(5-6-20)8-12(9-11)15(17,18)19/h1-4,7-9H,5H2. The van der Waals surface area contributed by atoms with Crippen LogP contribution in [0.5, 0.6) is 0 Å². The summed E-state index contributed by atoms with van der Waals surface area (Å²) < 4.78 is 52.2. The number of alkyl halides is 3. The fourth-order valence-corrected chi connectivity index (χ4v) is 1.90. The highest BCUT2D eigenvalue weighted by atomic mass is 19.4. The summed E-state index contributed by atoms with van der Waals surface area (Å²) >= 11 is 0. The van der Waals surface area contributed by atoms with Gasteiger partial charge in [-0.05, 0) is 35.4 Å². The van der Waals surface area contributed by atoms with Crippen LogP contribution in [0.4, 0.5) is 17.6 Å². The van der Waals surface area contributed by atoms with Crippen molar-refractivity contribution < 1.29 is 17.6 Å². The normalized spacial score (nSPS) is 11.2. The molecule has 0 heterocycles. The quantitative estimate of drug-likeness (QED) is 0.738. The first-order valence-corrected chi connectivity index (χ1v) is 5.75. The smallest absolute Gasteiger partial charge is 0.206 e. The maximum Gasteiger partial charge on any atom is 0.416 e. The van der Waals surface area contributed by atoms with E-state index in [1.165, 1.54) is 24.3 Å². The third-order valence-corrected chi connectivity index (χ3v) is 2.79. The summed E-state index contributed by atoms with van der Waals surface area (Å²) in [4.78, 5) is 0. The lowest BCUT2D eigenvalue weighted by atomic mass is 9.98. The molecule has 0 saturated heterocycles. The zero-order valence-electron chi connectivity index (χ0n) is 10.2. The van der Waals surface area contributed by atoms with Crippen molar-refractivity contribution in [3.63, 3.8) is 0 Å². The first-order chi connectivity index (χ1) is 9.41. The van der Waals surface area contributed by atoms with Crippen molar-refractivity contribution in [3.8, 4) is 17.2 Å². The lowest BCUT2D eigenvalue weighted by molar-refractivity contribution is -0.137. The third kappa shape index (κ3) is 2.97. The van der Waals surface area contributed by atoms with Crippen molar-refractivity contribution >= 4 is 0 Å². The molecule has 0 aliphatic heterocycles. The number of halogens is 4.